The van der Waals surface area contributed by atoms with Gasteiger partial charge in [-0.15, -0.1) is 0 Å². The molecule has 2 aromatic rings. The number of halogens is 2. The molecule has 7 heteroatoms. The number of likely N-dealkylation sites (N-methyl/N-ethyl adjacent to an activating group) is 1. The fourth-order valence-corrected chi connectivity index (χ4v) is 1.95. The van der Waals surface area contributed by atoms with E-state index in [1.807, 2.05) is 0 Å². The lowest BCUT2D eigenvalue weighted by molar-refractivity contribution is 0.0760. The average Bonchev–Trinajstić information content (AvgIpc) is 2.91. The molecule has 0 aliphatic rings. The minimum atomic E-state index is -0.252. The number of carbonyl (C=O) groups excluding carboxylic acids is 1. The van der Waals surface area contributed by atoms with Crippen molar-refractivity contribution in [1.82, 2.24) is 14.7 Å². The molecule has 1 aromatic heterocycles. The normalized spacial score (nSPS) is 10.6. The molecular formula is C13H13Cl2N3O2. The number of hydrogen-bond donors (Lipinski definition) is 1. The minimum absolute atomic E-state index is 0.0876. The van der Waals surface area contributed by atoms with Gasteiger partial charge in [-0.3, -0.25) is 4.79 Å². The lowest BCUT2D eigenvalue weighted by Gasteiger charge is -2.13. The smallest absolute Gasteiger partial charge is 0.274 e. The lowest BCUT2D eigenvalue weighted by Crippen LogP contribution is -2.29. The Morgan fingerprint density at radius 3 is 2.75 bits per heavy atom. The number of nitrogens with zero attached hydrogens (tertiary/aromatic N) is 3. The van der Waals surface area contributed by atoms with Gasteiger partial charge in [0.05, 0.1) is 22.3 Å². The van der Waals surface area contributed by atoms with Gasteiger partial charge in [0.2, 0.25) is 0 Å². The Labute approximate surface area is 126 Å². The van der Waals surface area contributed by atoms with E-state index in [-0.39, 0.29) is 19.1 Å². The van der Waals surface area contributed by atoms with Crippen LogP contribution in [0.2, 0.25) is 10.0 Å². The first-order valence-electron chi connectivity index (χ1n) is 5.90. The largest absolute Gasteiger partial charge is 0.395 e. The summed E-state index contributed by atoms with van der Waals surface area (Å²) >= 11 is 11.8. The Morgan fingerprint density at radius 2 is 2.10 bits per heavy atom. The molecule has 5 nitrogen and oxygen atoms in total. The number of rotatable bonds is 4. The van der Waals surface area contributed by atoms with Gasteiger partial charge in [-0.05, 0) is 24.3 Å². The van der Waals surface area contributed by atoms with E-state index < -0.39 is 0 Å². The highest BCUT2D eigenvalue weighted by Gasteiger charge is 2.14. The van der Waals surface area contributed by atoms with E-state index >= 15 is 0 Å². The second kappa shape index (κ2) is 6.26. The van der Waals surface area contributed by atoms with Crippen LogP contribution in [0.3, 0.4) is 0 Å². The third-order valence-electron chi connectivity index (χ3n) is 2.76. The number of carbonyl (C=O) groups is 1. The molecular weight excluding hydrogens is 301 g/mol. The number of aliphatic hydroxyl groups excluding tert-OH is 1. The second-order valence-electron chi connectivity index (χ2n) is 4.19. The van der Waals surface area contributed by atoms with Crippen molar-refractivity contribution in [2.24, 2.45) is 0 Å². The maximum absolute atomic E-state index is 12.0. The number of hydrogen-bond acceptors (Lipinski definition) is 3. The summed E-state index contributed by atoms with van der Waals surface area (Å²) in [6.45, 7) is 0.175. The maximum atomic E-state index is 12.0. The van der Waals surface area contributed by atoms with Crippen LogP contribution in [0.25, 0.3) is 5.69 Å². The van der Waals surface area contributed by atoms with Gasteiger partial charge < -0.3 is 10.0 Å². The fraction of sp³-hybridized carbons (Fsp3) is 0.231. The molecule has 1 amide bonds. The summed E-state index contributed by atoms with van der Waals surface area (Å²) in [5, 5.41) is 13.9. The Kier molecular flexibility index (Phi) is 4.65. The number of benzene rings is 1. The molecule has 0 radical (unpaired) electrons. The van der Waals surface area contributed by atoms with Crippen LogP contribution in [-0.4, -0.2) is 45.9 Å². The van der Waals surface area contributed by atoms with Crippen LogP contribution < -0.4 is 0 Å². The minimum Gasteiger partial charge on any atom is -0.395 e. The molecule has 0 bridgehead atoms. The van der Waals surface area contributed by atoms with Gasteiger partial charge in [0.1, 0.15) is 0 Å². The number of aromatic nitrogens is 2. The Balaban J connectivity index is 2.24. The third-order valence-corrected chi connectivity index (χ3v) is 3.50. The highest BCUT2D eigenvalue weighted by molar-refractivity contribution is 6.42. The summed E-state index contributed by atoms with van der Waals surface area (Å²) < 4.78 is 1.54. The summed E-state index contributed by atoms with van der Waals surface area (Å²) in [4.78, 5) is 13.4. The van der Waals surface area contributed by atoms with Gasteiger partial charge in [-0.2, -0.15) is 5.10 Å². The van der Waals surface area contributed by atoms with Crippen LogP contribution in [-0.2, 0) is 0 Å². The van der Waals surface area contributed by atoms with E-state index in [0.29, 0.717) is 21.4 Å². The number of amides is 1. The van der Waals surface area contributed by atoms with Crippen molar-refractivity contribution < 1.29 is 9.90 Å². The molecule has 0 saturated carbocycles. The first-order chi connectivity index (χ1) is 9.52. The van der Waals surface area contributed by atoms with E-state index in [0.717, 1.165) is 0 Å². The van der Waals surface area contributed by atoms with E-state index in [1.165, 1.54) is 4.90 Å². The van der Waals surface area contributed by atoms with Crippen LogP contribution in [0.15, 0.2) is 30.5 Å². The van der Waals surface area contributed by atoms with Crippen molar-refractivity contribution >= 4 is 29.1 Å². The summed E-state index contributed by atoms with van der Waals surface area (Å²) in [5.41, 5.74) is 1.01. The first kappa shape index (κ1) is 14.8. The monoisotopic (exact) mass is 313 g/mol. The Hall–Kier alpha value is -1.56. The summed E-state index contributed by atoms with van der Waals surface area (Å²) in [5.74, 6) is -0.252. The van der Waals surface area contributed by atoms with E-state index in [9.17, 15) is 4.79 Å². The van der Waals surface area contributed by atoms with E-state index in [4.69, 9.17) is 28.3 Å². The molecule has 0 unspecified atom stereocenters. The zero-order valence-corrected chi connectivity index (χ0v) is 12.3. The Bertz CT molecular complexity index is 628. The fourth-order valence-electron chi connectivity index (χ4n) is 1.66. The quantitative estimate of drug-likeness (QED) is 0.941. The van der Waals surface area contributed by atoms with Crippen LogP contribution in [0.1, 0.15) is 10.5 Å². The highest BCUT2D eigenvalue weighted by atomic mass is 35.5. The number of aliphatic hydroxyl groups is 1. The summed E-state index contributed by atoms with van der Waals surface area (Å²) in [6.07, 6.45) is 1.67. The van der Waals surface area contributed by atoms with Crippen molar-refractivity contribution in [2.45, 2.75) is 0 Å². The molecule has 106 valence electrons. The van der Waals surface area contributed by atoms with Crippen molar-refractivity contribution in [3.8, 4) is 5.69 Å². The van der Waals surface area contributed by atoms with Crippen LogP contribution in [0.4, 0.5) is 0 Å². The van der Waals surface area contributed by atoms with Gasteiger partial charge in [0.25, 0.3) is 5.91 Å². The maximum Gasteiger partial charge on any atom is 0.274 e. The molecule has 0 saturated heterocycles. The van der Waals surface area contributed by atoms with Crippen molar-refractivity contribution in [1.29, 1.82) is 0 Å². The van der Waals surface area contributed by atoms with Gasteiger partial charge in [-0.1, -0.05) is 23.2 Å². The standard InChI is InChI=1S/C13H13Cl2N3O2/c1-17(6-7-19)13(20)12-4-5-18(16-12)9-2-3-10(14)11(15)8-9/h2-5,8,19H,6-7H2,1H3. The predicted octanol–water partition coefficient (Wildman–Crippen LogP) is 2.24. The lowest BCUT2D eigenvalue weighted by atomic mass is 10.3. The molecule has 0 atom stereocenters. The highest BCUT2D eigenvalue weighted by Crippen LogP contribution is 2.24. The van der Waals surface area contributed by atoms with Crippen molar-refractivity contribution in [2.75, 3.05) is 20.2 Å². The van der Waals surface area contributed by atoms with E-state index in [1.54, 1.807) is 42.2 Å². The molecule has 0 fully saturated rings. The predicted molar refractivity (Wildman–Crippen MR) is 77.6 cm³/mol. The first-order valence-corrected chi connectivity index (χ1v) is 6.66. The van der Waals surface area contributed by atoms with Gasteiger partial charge in [0, 0.05) is 19.8 Å². The zero-order chi connectivity index (χ0) is 14.7. The van der Waals surface area contributed by atoms with Crippen LogP contribution >= 0.6 is 23.2 Å². The Morgan fingerprint density at radius 1 is 1.35 bits per heavy atom. The van der Waals surface area contributed by atoms with Crippen molar-refractivity contribution in [3.05, 3.63) is 46.2 Å². The van der Waals surface area contributed by atoms with Gasteiger partial charge in [0.15, 0.2) is 5.69 Å². The van der Waals surface area contributed by atoms with Gasteiger partial charge >= 0.3 is 0 Å². The molecule has 2 rings (SSSR count). The van der Waals surface area contributed by atoms with E-state index in [2.05, 4.69) is 5.10 Å². The van der Waals surface area contributed by atoms with Crippen LogP contribution in [0.5, 0.6) is 0 Å². The SMILES string of the molecule is CN(CCO)C(=O)c1ccn(-c2ccc(Cl)c(Cl)c2)n1. The molecule has 1 N–H and O–H groups in total. The summed E-state index contributed by atoms with van der Waals surface area (Å²) in [6, 6.07) is 6.70. The van der Waals surface area contributed by atoms with Crippen molar-refractivity contribution in [3.63, 3.8) is 0 Å². The third kappa shape index (κ3) is 3.12. The summed E-state index contributed by atoms with van der Waals surface area (Å²) in [7, 11) is 1.61. The molecule has 1 heterocycles. The van der Waals surface area contributed by atoms with Crippen LogP contribution in [0, 0.1) is 0 Å². The van der Waals surface area contributed by atoms with Gasteiger partial charge in [-0.25, -0.2) is 4.68 Å². The topological polar surface area (TPSA) is 58.4 Å². The molecule has 1 aromatic carbocycles. The molecule has 0 spiro atoms. The zero-order valence-electron chi connectivity index (χ0n) is 10.8. The molecule has 20 heavy (non-hydrogen) atoms. The molecule has 0 aliphatic carbocycles. The average molecular weight is 314 g/mol. The second-order valence-corrected chi connectivity index (χ2v) is 5.01. The molecule has 0 aliphatic heterocycles.